The van der Waals surface area contributed by atoms with Crippen molar-refractivity contribution >= 4 is 17.7 Å². The second kappa shape index (κ2) is 7.02. The van der Waals surface area contributed by atoms with Gasteiger partial charge in [-0.1, -0.05) is 24.3 Å². The zero-order valence-electron chi connectivity index (χ0n) is 12.2. The molecule has 0 spiro atoms. The molecule has 1 fully saturated rings. The van der Waals surface area contributed by atoms with E-state index in [2.05, 4.69) is 5.32 Å². The molecule has 3 rings (SSSR count). The molecule has 1 heterocycles. The Morgan fingerprint density at radius 2 is 1.91 bits per heavy atom. The fourth-order valence-electron chi connectivity index (χ4n) is 2.29. The predicted molar refractivity (Wildman–Crippen MR) is 86.9 cm³/mol. The maximum Gasteiger partial charge on any atom is 0.321 e. The molecule has 2 N–H and O–H groups in total. The summed E-state index contributed by atoms with van der Waals surface area (Å²) >= 11 is 1.58. The van der Waals surface area contributed by atoms with E-state index in [1.54, 1.807) is 23.9 Å². The van der Waals surface area contributed by atoms with E-state index in [0.717, 1.165) is 16.9 Å². The summed E-state index contributed by atoms with van der Waals surface area (Å²) in [5, 5.41) is 12.1. The zero-order chi connectivity index (χ0) is 16.2. The van der Waals surface area contributed by atoms with E-state index in [1.807, 2.05) is 24.3 Å². The van der Waals surface area contributed by atoms with Crippen molar-refractivity contribution in [1.29, 1.82) is 0 Å². The number of carbonyl (C=O) groups is 1. The number of halogens is 1. The lowest BCUT2D eigenvalue weighted by atomic mass is 10.2. The molecule has 0 amide bonds. The molecule has 1 saturated heterocycles. The minimum Gasteiger partial charge on any atom is -0.489 e. The van der Waals surface area contributed by atoms with Crippen LogP contribution < -0.4 is 10.1 Å². The topological polar surface area (TPSA) is 58.6 Å². The Morgan fingerprint density at radius 1 is 1.22 bits per heavy atom. The molecule has 1 aliphatic heterocycles. The van der Waals surface area contributed by atoms with Gasteiger partial charge in [0.05, 0.1) is 5.37 Å². The highest BCUT2D eigenvalue weighted by Crippen LogP contribution is 2.33. The predicted octanol–water partition coefficient (Wildman–Crippen LogP) is 3.19. The van der Waals surface area contributed by atoms with Crippen molar-refractivity contribution in [3.05, 3.63) is 65.5 Å². The van der Waals surface area contributed by atoms with Crippen molar-refractivity contribution in [3.8, 4) is 5.75 Å². The molecule has 1 aliphatic rings. The Morgan fingerprint density at radius 3 is 2.52 bits per heavy atom. The molecule has 6 heteroatoms. The first-order chi connectivity index (χ1) is 11.1. The van der Waals surface area contributed by atoms with Gasteiger partial charge in [0.1, 0.15) is 24.2 Å². The van der Waals surface area contributed by atoms with Crippen LogP contribution in [-0.2, 0) is 11.4 Å². The van der Waals surface area contributed by atoms with Crippen molar-refractivity contribution in [2.45, 2.75) is 18.0 Å². The smallest absolute Gasteiger partial charge is 0.321 e. The summed E-state index contributed by atoms with van der Waals surface area (Å²) in [4.78, 5) is 11.0. The van der Waals surface area contributed by atoms with Crippen molar-refractivity contribution in [1.82, 2.24) is 5.32 Å². The van der Waals surface area contributed by atoms with Crippen molar-refractivity contribution < 1.29 is 19.0 Å². The minimum atomic E-state index is -0.820. The monoisotopic (exact) mass is 333 g/mol. The molecule has 0 radical (unpaired) electrons. The third-order valence-electron chi connectivity index (χ3n) is 3.58. The molecular weight excluding hydrogens is 317 g/mol. The second-order valence-corrected chi connectivity index (χ2v) is 6.39. The van der Waals surface area contributed by atoms with Crippen molar-refractivity contribution in [2.75, 3.05) is 5.75 Å². The summed E-state index contributed by atoms with van der Waals surface area (Å²) in [6.45, 7) is 0.372. The SMILES string of the molecule is O=C(O)[C@@H]1CS[C@H](c2ccc(OCc3ccc(F)cc3)cc2)N1. The summed E-state index contributed by atoms with van der Waals surface area (Å²) in [5.74, 6) is 0.192. The normalized spacial score (nSPS) is 20.4. The number of thioether (sulfide) groups is 1. The Balaban J connectivity index is 1.57. The molecule has 2 atom stereocenters. The summed E-state index contributed by atoms with van der Waals surface area (Å²) in [6, 6.07) is 13.3. The summed E-state index contributed by atoms with van der Waals surface area (Å²) in [6.07, 6.45) is 0. The van der Waals surface area contributed by atoms with Gasteiger partial charge in [-0.05, 0) is 35.4 Å². The Kier molecular flexibility index (Phi) is 4.83. The van der Waals surface area contributed by atoms with Crippen LogP contribution in [-0.4, -0.2) is 22.9 Å². The van der Waals surface area contributed by atoms with E-state index in [-0.39, 0.29) is 11.2 Å². The third kappa shape index (κ3) is 4.03. The number of hydrogen-bond donors (Lipinski definition) is 2. The van der Waals surface area contributed by atoms with Crippen LogP contribution in [0, 0.1) is 5.82 Å². The van der Waals surface area contributed by atoms with Crippen LogP contribution >= 0.6 is 11.8 Å². The molecular formula is C17H16FNO3S. The van der Waals surface area contributed by atoms with Gasteiger partial charge in [-0.25, -0.2) is 4.39 Å². The number of aliphatic carboxylic acids is 1. The summed E-state index contributed by atoms with van der Waals surface area (Å²) < 4.78 is 18.5. The molecule has 0 bridgehead atoms. The number of hydrogen-bond acceptors (Lipinski definition) is 4. The minimum absolute atomic E-state index is 0.0118. The van der Waals surface area contributed by atoms with E-state index in [4.69, 9.17) is 9.84 Å². The van der Waals surface area contributed by atoms with E-state index in [1.165, 1.54) is 12.1 Å². The van der Waals surface area contributed by atoms with Crippen LogP contribution in [0.25, 0.3) is 0 Å². The standard InChI is InChI=1S/C17H16FNO3S/c18-13-5-1-11(2-6-13)9-22-14-7-3-12(4-8-14)16-19-15(10-23-16)17(20)21/h1-8,15-16,19H,9-10H2,(H,20,21)/t15-,16+/m0/s1. The Bertz CT molecular complexity index is 675. The lowest BCUT2D eigenvalue weighted by Gasteiger charge is -2.12. The lowest BCUT2D eigenvalue weighted by molar-refractivity contribution is -0.138. The van der Waals surface area contributed by atoms with Gasteiger partial charge in [0.25, 0.3) is 0 Å². The average Bonchev–Trinajstić information content (AvgIpc) is 3.05. The number of ether oxygens (including phenoxy) is 1. The molecule has 0 aliphatic carbocycles. The fourth-order valence-corrected chi connectivity index (χ4v) is 3.53. The highest BCUT2D eigenvalue weighted by atomic mass is 32.2. The van der Waals surface area contributed by atoms with Gasteiger partial charge >= 0.3 is 5.97 Å². The maximum absolute atomic E-state index is 12.8. The molecule has 4 nitrogen and oxygen atoms in total. The molecule has 120 valence electrons. The zero-order valence-corrected chi connectivity index (χ0v) is 13.1. The van der Waals surface area contributed by atoms with Gasteiger partial charge < -0.3 is 9.84 Å². The first-order valence-corrected chi connectivity index (χ1v) is 8.24. The van der Waals surface area contributed by atoms with Gasteiger partial charge in [-0.3, -0.25) is 10.1 Å². The van der Waals surface area contributed by atoms with Crippen LogP contribution in [0.4, 0.5) is 4.39 Å². The van der Waals surface area contributed by atoms with Crippen LogP contribution in [0.5, 0.6) is 5.75 Å². The number of carboxylic acids is 1. The average molecular weight is 333 g/mol. The molecule has 0 unspecified atom stereocenters. The third-order valence-corrected chi connectivity index (χ3v) is 4.85. The van der Waals surface area contributed by atoms with E-state index < -0.39 is 12.0 Å². The first-order valence-electron chi connectivity index (χ1n) is 7.19. The van der Waals surface area contributed by atoms with E-state index >= 15 is 0 Å². The highest BCUT2D eigenvalue weighted by molar-refractivity contribution is 7.99. The first kappa shape index (κ1) is 15.8. The Labute approximate surface area is 137 Å². The Hall–Kier alpha value is -2.05. The molecule has 0 saturated carbocycles. The van der Waals surface area contributed by atoms with Gasteiger partial charge in [-0.2, -0.15) is 0 Å². The van der Waals surface area contributed by atoms with Gasteiger partial charge in [0.15, 0.2) is 0 Å². The number of rotatable bonds is 5. The quantitative estimate of drug-likeness (QED) is 0.880. The van der Waals surface area contributed by atoms with E-state index in [0.29, 0.717) is 12.4 Å². The van der Waals surface area contributed by atoms with Crippen LogP contribution in [0.2, 0.25) is 0 Å². The van der Waals surface area contributed by atoms with Crippen molar-refractivity contribution in [2.24, 2.45) is 0 Å². The maximum atomic E-state index is 12.8. The van der Waals surface area contributed by atoms with Crippen LogP contribution in [0.1, 0.15) is 16.5 Å². The second-order valence-electron chi connectivity index (χ2n) is 5.26. The van der Waals surface area contributed by atoms with Gasteiger partial charge in [-0.15, -0.1) is 11.8 Å². The highest BCUT2D eigenvalue weighted by Gasteiger charge is 2.30. The number of nitrogens with one attached hydrogen (secondary N) is 1. The fraction of sp³-hybridized carbons (Fsp3) is 0.235. The van der Waals surface area contributed by atoms with Crippen LogP contribution in [0.3, 0.4) is 0 Å². The summed E-state index contributed by atoms with van der Waals surface area (Å²) in [7, 11) is 0. The number of benzene rings is 2. The molecule has 2 aromatic carbocycles. The summed E-state index contributed by atoms with van der Waals surface area (Å²) in [5.41, 5.74) is 1.92. The molecule has 0 aromatic heterocycles. The van der Waals surface area contributed by atoms with Gasteiger partial charge in [0, 0.05) is 5.75 Å². The van der Waals surface area contributed by atoms with Gasteiger partial charge in [0.2, 0.25) is 0 Å². The van der Waals surface area contributed by atoms with E-state index in [9.17, 15) is 9.18 Å². The molecule has 2 aromatic rings. The lowest BCUT2D eigenvalue weighted by Crippen LogP contribution is -2.33. The molecule has 23 heavy (non-hydrogen) atoms. The van der Waals surface area contributed by atoms with Crippen molar-refractivity contribution in [3.63, 3.8) is 0 Å². The van der Waals surface area contributed by atoms with Crippen LogP contribution in [0.15, 0.2) is 48.5 Å². The largest absolute Gasteiger partial charge is 0.489 e. The number of carboxylic acid groups (broad SMARTS) is 1.